The van der Waals surface area contributed by atoms with Gasteiger partial charge in [-0.3, -0.25) is 4.79 Å². The smallest absolute Gasteiger partial charge is 0.232 e. The van der Waals surface area contributed by atoms with Gasteiger partial charge in [0.05, 0.1) is 5.25 Å². The summed E-state index contributed by atoms with van der Waals surface area (Å²) in [5, 5.41) is 2.99. The minimum absolute atomic E-state index is 0.0282. The van der Waals surface area contributed by atoms with Crippen LogP contribution in [0.15, 0.2) is 59.5 Å². The molecule has 23 heavy (non-hydrogen) atoms. The van der Waals surface area contributed by atoms with E-state index in [0.29, 0.717) is 6.54 Å². The molecule has 0 aliphatic heterocycles. The van der Waals surface area contributed by atoms with E-state index < -0.39 is 0 Å². The Morgan fingerprint density at radius 2 is 1.78 bits per heavy atom. The van der Waals surface area contributed by atoms with Gasteiger partial charge in [0.25, 0.3) is 0 Å². The Kier molecular flexibility index (Phi) is 7.56. The molecule has 0 heterocycles. The van der Waals surface area contributed by atoms with Gasteiger partial charge >= 0.3 is 0 Å². The number of amides is 1. The lowest BCUT2D eigenvalue weighted by atomic mass is 10.2. The molecule has 2 rings (SSSR count). The molecule has 0 saturated carbocycles. The maximum atomic E-state index is 12.1. The predicted molar refractivity (Wildman–Crippen MR) is 102 cm³/mol. The largest absolute Gasteiger partial charge is 0.354 e. The topological polar surface area (TPSA) is 29.1 Å². The van der Waals surface area contributed by atoms with Crippen LogP contribution in [0.5, 0.6) is 0 Å². The summed E-state index contributed by atoms with van der Waals surface area (Å²) in [6.07, 6.45) is 0. The Morgan fingerprint density at radius 1 is 1.09 bits per heavy atom. The molecule has 0 aliphatic rings. The van der Waals surface area contributed by atoms with E-state index in [1.165, 1.54) is 16.0 Å². The highest BCUT2D eigenvalue weighted by molar-refractivity contribution is 7.99. The lowest BCUT2D eigenvalue weighted by Crippen LogP contribution is -2.32. The molecule has 2 aromatic rings. The highest BCUT2D eigenvalue weighted by Gasteiger charge is 2.12. The van der Waals surface area contributed by atoms with E-state index in [-0.39, 0.29) is 11.2 Å². The van der Waals surface area contributed by atoms with Crippen LogP contribution in [0, 0.1) is 6.92 Å². The maximum absolute atomic E-state index is 12.1. The molecule has 0 saturated heterocycles. The maximum Gasteiger partial charge on any atom is 0.232 e. The van der Waals surface area contributed by atoms with Crippen molar-refractivity contribution in [3.63, 3.8) is 0 Å². The van der Waals surface area contributed by atoms with Crippen molar-refractivity contribution >= 4 is 29.4 Å². The van der Waals surface area contributed by atoms with Crippen molar-refractivity contribution in [3.05, 3.63) is 65.7 Å². The molecule has 0 aromatic heterocycles. The zero-order valence-corrected chi connectivity index (χ0v) is 15.3. The van der Waals surface area contributed by atoms with Crippen molar-refractivity contribution in [1.82, 2.24) is 5.32 Å². The van der Waals surface area contributed by atoms with E-state index in [9.17, 15) is 4.79 Å². The summed E-state index contributed by atoms with van der Waals surface area (Å²) in [7, 11) is 0. The number of thioether (sulfide) groups is 2. The average molecular weight is 346 g/mol. The second kappa shape index (κ2) is 9.68. The summed E-state index contributed by atoms with van der Waals surface area (Å²) in [5.74, 6) is 1.88. The second-order valence-corrected chi connectivity index (χ2v) is 7.89. The molecular weight excluding hydrogens is 322 g/mol. The van der Waals surface area contributed by atoms with E-state index in [0.717, 1.165) is 11.5 Å². The summed E-state index contributed by atoms with van der Waals surface area (Å²) in [5.41, 5.74) is 2.53. The molecule has 122 valence electrons. The van der Waals surface area contributed by atoms with E-state index >= 15 is 0 Å². The van der Waals surface area contributed by atoms with Gasteiger partial charge in [0.1, 0.15) is 0 Å². The van der Waals surface area contributed by atoms with Gasteiger partial charge in [0.2, 0.25) is 5.91 Å². The SMILES string of the molecule is Cc1ccc(SCCNC(=O)[C@H](C)SCc2ccccc2)cc1. The van der Waals surface area contributed by atoms with Crippen LogP contribution in [0.1, 0.15) is 18.1 Å². The molecule has 1 amide bonds. The summed E-state index contributed by atoms with van der Waals surface area (Å²) in [4.78, 5) is 13.3. The number of hydrogen-bond acceptors (Lipinski definition) is 3. The number of rotatable bonds is 8. The summed E-state index contributed by atoms with van der Waals surface area (Å²) < 4.78 is 0. The van der Waals surface area contributed by atoms with Gasteiger partial charge in [-0.2, -0.15) is 0 Å². The van der Waals surface area contributed by atoms with Crippen LogP contribution in [-0.4, -0.2) is 23.5 Å². The number of carbonyl (C=O) groups is 1. The van der Waals surface area contributed by atoms with Crippen molar-refractivity contribution < 1.29 is 4.79 Å². The average Bonchev–Trinajstić information content (AvgIpc) is 2.59. The predicted octanol–water partition coefficient (Wildman–Crippen LogP) is 4.53. The zero-order valence-electron chi connectivity index (χ0n) is 13.6. The van der Waals surface area contributed by atoms with Gasteiger partial charge in [-0.1, -0.05) is 48.0 Å². The minimum Gasteiger partial charge on any atom is -0.354 e. The van der Waals surface area contributed by atoms with Gasteiger partial charge in [0, 0.05) is 22.9 Å². The van der Waals surface area contributed by atoms with Crippen molar-refractivity contribution in [2.75, 3.05) is 12.3 Å². The molecule has 1 atom stereocenters. The number of aryl methyl sites for hydroxylation is 1. The molecule has 2 nitrogen and oxygen atoms in total. The minimum atomic E-state index is -0.0282. The Hall–Kier alpha value is -1.39. The van der Waals surface area contributed by atoms with Crippen molar-refractivity contribution in [1.29, 1.82) is 0 Å². The monoisotopic (exact) mass is 345 g/mol. The fraction of sp³-hybridized carbons (Fsp3) is 0.316. The van der Waals surface area contributed by atoms with Crippen molar-refractivity contribution in [3.8, 4) is 0 Å². The molecule has 0 bridgehead atoms. The number of benzene rings is 2. The number of hydrogen-bond donors (Lipinski definition) is 1. The molecule has 0 fully saturated rings. The third kappa shape index (κ3) is 6.71. The highest BCUT2D eigenvalue weighted by atomic mass is 32.2. The first-order valence-electron chi connectivity index (χ1n) is 7.78. The summed E-state index contributed by atoms with van der Waals surface area (Å²) >= 11 is 3.45. The summed E-state index contributed by atoms with van der Waals surface area (Å²) in [6, 6.07) is 18.7. The quantitative estimate of drug-likeness (QED) is 0.563. The van der Waals surface area contributed by atoms with Crippen LogP contribution < -0.4 is 5.32 Å². The Bertz CT molecular complexity index is 599. The number of carbonyl (C=O) groups excluding carboxylic acids is 1. The third-order valence-electron chi connectivity index (χ3n) is 3.40. The fourth-order valence-corrected chi connectivity index (χ4v) is 3.63. The van der Waals surface area contributed by atoms with Gasteiger partial charge in [-0.25, -0.2) is 0 Å². The third-order valence-corrected chi connectivity index (χ3v) is 5.63. The van der Waals surface area contributed by atoms with Crippen LogP contribution in [0.3, 0.4) is 0 Å². The standard InChI is InChI=1S/C19H23NOS2/c1-15-8-10-18(11-9-15)22-13-12-20-19(21)16(2)23-14-17-6-4-3-5-7-17/h3-11,16H,12-14H2,1-2H3,(H,20,21)/t16-/m0/s1. The molecule has 2 aromatic carbocycles. The van der Waals surface area contributed by atoms with Gasteiger partial charge < -0.3 is 5.32 Å². The van der Waals surface area contributed by atoms with E-state index in [1.807, 2.05) is 25.1 Å². The Labute approximate surface area is 147 Å². The molecule has 0 radical (unpaired) electrons. The molecule has 4 heteroatoms. The van der Waals surface area contributed by atoms with Crippen molar-refractivity contribution in [2.24, 2.45) is 0 Å². The first-order valence-corrected chi connectivity index (χ1v) is 9.81. The highest BCUT2D eigenvalue weighted by Crippen LogP contribution is 2.19. The van der Waals surface area contributed by atoms with E-state index in [1.54, 1.807) is 23.5 Å². The normalized spacial score (nSPS) is 11.9. The van der Waals surface area contributed by atoms with Gasteiger partial charge in [-0.05, 0) is 31.5 Å². The van der Waals surface area contributed by atoms with Crippen LogP contribution in [0.2, 0.25) is 0 Å². The molecular formula is C19H23NOS2. The van der Waals surface area contributed by atoms with Gasteiger partial charge in [-0.15, -0.1) is 23.5 Å². The van der Waals surface area contributed by atoms with Gasteiger partial charge in [0.15, 0.2) is 0 Å². The fourth-order valence-electron chi connectivity index (χ4n) is 1.99. The lowest BCUT2D eigenvalue weighted by Gasteiger charge is -2.12. The Morgan fingerprint density at radius 3 is 2.48 bits per heavy atom. The first-order chi connectivity index (χ1) is 11.1. The second-order valence-electron chi connectivity index (χ2n) is 5.39. The van der Waals surface area contributed by atoms with E-state index in [2.05, 4.69) is 48.6 Å². The van der Waals surface area contributed by atoms with Crippen LogP contribution >= 0.6 is 23.5 Å². The number of nitrogens with one attached hydrogen (secondary N) is 1. The Balaban J connectivity index is 1.63. The van der Waals surface area contributed by atoms with Crippen LogP contribution in [0.25, 0.3) is 0 Å². The molecule has 1 N–H and O–H groups in total. The molecule has 0 spiro atoms. The van der Waals surface area contributed by atoms with Crippen LogP contribution in [0.4, 0.5) is 0 Å². The molecule has 0 aliphatic carbocycles. The summed E-state index contributed by atoms with van der Waals surface area (Å²) in [6.45, 7) is 4.76. The van der Waals surface area contributed by atoms with Crippen molar-refractivity contribution in [2.45, 2.75) is 29.7 Å². The zero-order chi connectivity index (χ0) is 16.5. The van der Waals surface area contributed by atoms with E-state index in [4.69, 9.17) is 0 Å². The molecule has 0 unspecified atom stereocenters. The first kappa shape index (κ1) is 18.0. The lowest BCUT2D eigenvalue weighted by molar-refractivity contribution is -0.120. The van der Waals surface area contributed by atoms with Crippen LogP contribution in [-0.2, 0) is 10.5 Å².